The van der Waals surface area contributed by atoms with Crippen molar-refractivity contribution in [3.05, 3.63) is 0 Å². The standard InChI is InChI=1S/C9H18N2O2/c1-10-7-6-9(12)11-13-8-4-2-3-5-8/h8,10H,2-7H2,1H3,(H,11,12). The van der Waals surface area contributed by atoms with Gasteiger partial charge in [0.15, 0.2) is 0 Å². The van der Waals surface area contributed by atoms with Crippen molar-refractivity contribution in [3.8, 4) is 0 Å². The number of hydrogen-bond donors (Lipinski definition) is 2. The highest BCUT2D eigenvalue weighted by Gasteiger charge is 2.16. The van der Waals surface area contributed by atoms with Crippen molar-refractivity contribution in [3.63, 3.8) is 0 Å². The summed E-state index contributed by atoms with van der Waals surface area (Å²) in [5.41, 5.74) is 2.48. The van der Waals surface area contributed by atoms with Crippen LogP contribution in [0.5, 0.6) is 0 Å². The third-order valence-corrected chi connectivity index (χ3v) is 2.24. The van der Waals surface area contributed by atoms with Gasteiger partial charge in [0, 0.05) is 13.0 Å². The molecule has 1 amide bonds. The van der Waals surface area contributed by atoms with Gasteiger partial charge in [-0.3, -0.25) is 9.63 Å². The maximum atomic E-state index is 11.1. The zero-order valence-corrected chi connectivity index (χ0v) is 8.14. The third-order valence-electron chi connectivity index (χ3n) is 2.24. The molecule has 1 saturated carbocycles. The molecular weight excluding hydrogens is 168 g/mol. The summed E-state index contributed by atoms with van der Waals surface area (Å²) < 4.78 is 0. The van der Waals surface area contributed by atoms with Crippen molar-refractivity contribution < 1.29 is 9.63 Å². The van der Waals surface area contributed by atoms with Crippen LogP contribution in [0.2, 0.25) is 0 Å². The van der Waals surface area contributed by atoms with Crippen LogP contribution in [0.1, 0.15) is 32.1 Å². The Kier molecular flexibility index (Phi) is 4.78. The van der Waals surface area contributed by atoms with Gasteiger partial charge in [0.1, 0.15) is 0 Å². The van der Waals surface area contributed by atoms with Gasteiger partial charge in [-0.25, -0.2) is 5.48 Å². The molecular formula is C9H18N2O2. The summed E-state index contributed by atoms with van der Waals surface area (Å²) in [4.78, 5) is 16.3. The van der Waals surface area contributed by atoms with Crippen LogP contribution in [0, 0.1) is 0 Å². The Labute approximate surface area is 79.0 Å². The van der Waals surface area contributed by atoms with Gasteiger partial charge in [-0.1, -0.05) is 12.8 Å². The molecule has 0 saturated heterocycles. The molecule has 0 aromatic carbocycles. The van der Waals surface area contributed by atoms with Gasteiger partial charge >= 0.3 is 0 Å². The van der Waals surface area contributed by atoms with Crippen molar-refractivity contribution in [1.82, 2.24) is 10.8 Å². The molecule has 4 nitrogen and oxygen atoms in total. The number of amides is 1. The highest BCUT2D eigenvalue weighted by molar-refractivity contribution is 5.74. The molecule has 13 heavy (non-hydrogen) atoms. The molecule has 2 N–H and O–H groups in total. The summed E-state index contributed by atoms with van der Waals surface area (Å²) >= 11 is 0. The molecule has 4 heteroatoms. The molecule has 0 radical (unpaired) electrons. The van der Waals surface area contributed by atoms with Crippen molar-refractivity contribution in [2.75, 3.05) is 13.6 Å². The molecule has 1 aliphatic rings. The predicted molar refractivity (Wildman–Crippen MR) is 50.0 cm³/mol. The van der Waals surface area contributed by atoms with Gasteiger partial charge in [0.25, 0.3) is 0 Å². The normalized spacial score (nSPS) is 17.6. The summed E-state index contributed by atoms with van der Waals surface area (Å²) in [6.45, 7) is 0.694. The largest absolute Gasteiger partial charge is 0.319 e. The van der Waals surface area contributed by atoms with Crippen LogP contribution in [0.25, 0.3) is 0 Å². The summed E-state index contributed by atoms with van der Waals surface area (Å²) in [6.07, 6.45) is 5.31. The van der Waals surface area contributed by atoms with Gasteiger partial charge < -0.3 is 5.32 Å². The van der Waals surface area contributed by atoms with E-state index in [9.17, 15) is 4.79 Å². The number of hydroxylamine groups is 1. The second-order valence-corrected chi connectivity index (χ2v) is 3.40. The lowest BCUT2D eigenvalue weighted by molar-refractivity contribution is -0.138. The van der Waals surface area contributed by atoms with E-state index in [1.54, 1.807) is 0 Å². The minimum Gasteiger partial charge on any atom is -0.319 e. The van der Waals surface area contributed by atoms with Crippen LogP contribution in [-0.2, 0) is 9.63 Å². The Morgan fingerprint density at radius 1 is 1.46 bits per heavy atom. The lowest BCUT2D eigenvalue weighted by Crippen LogP contribution is -2.30. The second-order valence-electron chi connectivity index (χ2n) is 3.40. The van der Waals surface area contributed by atoms with Crippen LogP contribution in [0.3, 0.4) is 0 Å². The molecule has 1 rings (SSSR count). The number of carbonyl (C=O) groups is 1. The first kappa shape index (κ1) is 10.5. The van der Waals surface area contributed by atoms with E-state index in [0.717, 1.165) is 12.8 Å². The minimum atomic E-state index is -0.0405. The van der Waals surface area contributed by atoms with Crippen molar-refractivity contribution in [2.45, 2.75) is 38.2 Å². The van der Waals surface area contributed by atoms with E-state index in [1.165, 1.54) is 12.8 Å². The van der Waals surface area contributed by atoms with Crippen molar-refractivity contribution in [1.29, 1.82) is 0 Å². The first-order valence-electron chi connectivity index (χ1n) is 4.92. The first-order valence-corrected chi connectivity index (χ1v) is 4.92. The molecule has 0 aliphatic heterocycles. The van der Waals surface area contributed by atoms with Gasteiger partial charge in [0.2, 0.25) is 5.91 Å². The first-order chi connectivity index (χ1) is 6.33. The maximum Gasteiger partial charge on any atom is 0.244 e. The molecule has 0 unspecified atom stereocenters. The van der Waals surface area contributed by atoms with Crippen LogP contribution in [0.15, 0.2) is 0 Å². The van der Waals surface area contributed by atoms with E-state index in [0.29, 0.717) is 13.0 Å². The smallest absolute Gasteiger partial charge is 0.244 e. The minimum absolute atomic E-state index is 0.0405. The molecule has 0 spiro atoms. The van der Waals surface area contributed by atoms with E-state index in [2.05, 4.69) is 10.8 Å². The van der Waals surface area contributed by atoms with E-state index < -0.39 is 0 Å². The Balaban J connectivity index is 2.00. The summed E-state index contributed by atoms with van der Waals surface area (Å²) in [5, 5.41) is 2.91. The summed E-state index contributed by atoms with van der Waals surface area (Å²) in [7, 11) is 1.82. The van der Waals surface area contributed by atoms with Crippen LogP contribution < -0.4 is 10.8 Å². The Hall–Kier alpha value is -0.610. The summed E-state index contributed by atoms with van der Waals surface area (Å²) in [6, 6.07) is 0. The molecule has 0 aromatic rings. The third kappa shape index (κ3) is 4.24. The highest BCUT2D eigenvalue weighted by atomic mass is 16.7. The number of hydrogen-bond acceptors (Lipinski definition) is 3. The quantitative estimate of drug-likeness (QED) is 0.618. The topological polar surface area (TPSA) is 50.4 Å². The van der Waals surface area contributed by atoms with Gasteiger partial charge in [-0.15, -0.1) is 0 Å². The molecule has 76 valence electrons. The van der Waals surface area contributed by atoms with E-state index >= 15 is 0 Å². The number of nitrogens with one attached hydrogen (secondary N) is 2. The maximum absolute atomic E-state index is 11.1. The molecule has 0 heterocycles. The SMILES string of the molecule is CNCCC(=O)NOC1CCCC1. The Morgan fingerprint density at radius 3 is 2.77 bits per heavy atom. The molecule has 1 aliphatic carbocycles. The Morgan fingerprint density at radius 2 is 2.15 bits per heavy atom. The molecule has 0 bridgehead atoms. The fraction of sp³-hybridized carbons (Fsp3) is 0.889. The lowest BCUT2D eigenvalue weighted by atomic mass is 10.3. The zero-order chi connectivity index (χ0) is 9.52. The van der Waals surface area contributed by atoms with Crippen molar-refractivity contribution in [2.24, 2.45) is 0 Å². The predicted octanol–water partition coefficient (Wildman–Crippen LogP) is 0.586. The number of rotatable bonds is 5. The Bertz CT molecular complexity index is 156. The average Bonchev–Trinajstić information content (AvgIpc) is 2.64. The van der Waals surface area contributed by atoms with E-state index in [-0.39, 0.29) is 12.0 Å². The average molecular weight is 186 g/mol. The van der Waals surface area contributed by atoms with Crippen molar-refractivity contribution >= 4 is 5.91 Å². The summed E-state index contributed by atoms with van der Waals surface area (Å²) in [5.74, 6) is -0.0405. The van der Waals surface area contributed by atoms with E-state index in [4.69, 9.17) is 4.84 Å². The van der Waals surface area contributed by atoms with Gasteiger partial charge in [0.05, 0.1) is 6.10 Å². The van der Waals surface area contributed by atoms with Crippen LogP contribution in [0.4, 0.5) is 0 Å². The fourth-order valence-electron chi connectivity index (χ4n) is 1.44. The molecule has 0 aromatic heterocycles. The molecule has 0 atom stereocenters. The fourth-order valence-corrected chi connectivity index (χ4v) is 1.44. The second kappa shape index (κ2) is 5.94. The zero-order valence-electron chi connectivity index (χ0n) is 8.14. The van der Waals surface area contributed by atoms with E-state index in [1.807, 2.05) is 7.05 Å². The van der Waals surface area contributed by atoms with Crippen LogP contribution in [-0.4, -0.2) is 25.6 Å². The highest BCUT2D eigenvalue weighted by Crippen LogP contribution is 2.19. The van der Waals surface area contributed by atoms with Gasteiger partial charge in [-0.05, 0) is 19.9 Å². The van der Waals surface area contributed by atoms with Crippen LogP contribution >= 0.6 is 0 Å². The lowest BCUT2D eigenvalue weighted by Gasteiger charge is -2.10. The monoisotopic (exact) mass is 186 g/mol. The van der Waals surface area contributed by atoms with Gasteiger partial charge in [-0.2, -0.15) is 0 Å². The number of carbonyl (C=O) groups excluding carboxylic acids is 1. The molecule has 1 fully saturated rings.